The highest BCUT2D eigenvalue weighted by Crippen LogP contribution is 2.22. The summed E-state index contributed by atoms with van der Waals surface area (Å²) in [5.41, 5.74) is 1.04. The van der Waals surface area contributed by atoms with Gasteiger partial charge in [0.05, 0.1) is 29.2 Å². The summed E-state index contributed by atoms with van der Waals surface area (Å²) in [6.45, 7) is 3.34. The smallest absolute Gasteiger partial charge is 0.257 e. The maximum absolute atomic E-state index is 12.3. The highest BCUT2D eigenvalue weighted by atomic mass is 35.5. The van der Waals surface area contributed by atoms with Crippen LogP contribution in [0, 0.1) is 0 Å². The van der Waals surface area contributed by atoms with E-state index in [1.807, 2.05) is 0 Å². The Morgan fingerprint density at radius 3 is 2.31 bits per heavy atom. The Hall–Kier alpha value is -2.08. The number of carbonyl (C=O) groups excluding carboxylic acids is 2. The zero-order valence-electron chi connectivity index (χ0n) is 14.5. The highest BCUT2D eigenvalue weighted by Gasteiger charge is 2.19. The molecule has 0 fully saturated rings. The zero-order valence-corrected chi connectivity index (χ0v) is 16.0. The second-order valence-electron chi connectivity index (χ2n) is 6.54. The molecular formula is C19H20Cl2N2O3. The summed E-state index contributed by atoms with van der Waals surface area (Å²) in [5.74, 6) is -0.532. The number of amides is 2. The summed E-state index contributed by atoms with van der Waals surface area (Å²) in [6, 6.07) is 11.6. The SMILES string of the molecule is CC(C)(CO)NC(=O)Cc1ccc(NC(=O)c2ccc(Cl)cc2Cl)cc1. The minimum Gasteiger partial charge on any atom is -0.394 e. The van der Waals surface area contributed by atoms with Crippen LogP contribution in [0.2, 0.25) is 10.0 Å². The van der Waals surface area contributed by atoms with Gasteiger partial charge in [-0.1, -0.05) is 35.3 Å². The fourth-order valence-electron chi connectivity index (χ4n) is 2.22. The number of hydrogen-bond acceptors (Lipinski definition) is 3. The second-order valence-corrected chi connectivity index (χ2v) is 7.39. The van der Waals surface area contributed by atoms with Crippen molar-refractivity contribution < 1.29 is 14.7 Å². The lowest BCUT2D eigenvalue weighted by molar-refractivity contribution is -0.122. The quantitative estimate of drug-likeness (QED) is 0.698. The molecule has 2 rings (SSSR count). The zero-order chi connectivity index (χ0) is 19.3. The Morgan fingerprint density at radius 2 is 1.73 bits per heavy atom. The summed E-state index contributed by atoms with van der Waals surface area (Å²) in [6.07, 6.45) is 0.181. The first-order valence-corrected chi connectivity index (χ1v) is 8.73. The van der Waals surface area contributed by atoms with Crippen LogP contribution in [-0.2, 0) is 11.2 Å². The van der Waals surface area contributed by atoms with E-state index < -0.39 is 5.54 Å². The minimum atomic E-state index is -0.664. The van der Waals surface area contributed by atoms with Gasteiger partial charge in [-0.2, -0.15) is 0 Å². The predicted molar refractivity (Wildman–Crippen MR) is 104 cm³/mol. The van der Waals surface area contributed by atoms with E-state index >= 15 is 0 Å². The molecule has 0 heterocycles. The third kappa shape index (κ3) is 5.73. The fourth-order valence-corrected chi connectivity index (χ4v) is 2.72. The van der Waals surface area contributed by atoms with Crippen molar-refractivity contribution in [2.45, 2.75) is 25.8 Å². The van der Waals surface area contributed by atoms with E-state index in [1.165, 1.54) is 6.07 Å². The van der Waals surface area contributed by atoms with E-state index in [1.54, 1.807) is 50.2 Å². The molecule has 0 radical (unpaired) electrons. The number of carbonyl (C=O) groups is 2. The Labute approximate surface area is 162 Å². The number of rotatable bonds is 6. The summed E-state index contributed by atoms with van der Waals surface area (Å²) in [5, 5.41) is 15.4. The number of hydrogen-bond donors (Lipinski definition) is 3. The maximum atomic E-state index is 12.3. The van der Waals surface area contributed by atoms with Crippen LogP contribution in [-0.4, -0.2) is 29.1 Å². The van der Waals surface area contributed by atoms with Gasteiger partial charge >= 0.3 is 0 Å². The lowest BCUT2D eigenvalue weighted by Crippen LogP contribution is -2.46. The van der Waals surface area contributed by atoms with Crippen LogP contribution in [0.5, 0.6) is 0 Å². The van der Waals surface area contributed by atoms with Crippen LogP contribution in [0.1, 0.15) is 29.8 Å². The molecule has 7 heteroatoms. The minimum absolute atomic E-state index is 0.142. The Kier molecular flexibility index (Phi) is 6.64. The molecule has 0 bridgehead atoms. The first kappa shape index (κ1) is 20.2. The number of benzene rings is 2. The van der Waals surface area contributed by atoms with Gasteiger partial charge in [0.2, 0.25) is 5.91 Å². The molecule has 0 aliphatic carbocycles. The van der Waals surface area contributed by atoms with Crippen LogP contribution in [0.4, 0.5) is 5.69 Å². The molecular weight excluding hydrogens is 375 g/mol. The molecule has 2 aromatic carbocycles. The van der Waals surface area contributed by atoms with Crippen molar-refractivity contribution >= 4 is 40.7 Å². The lowest BCUT2D eigenvalue weighted by atomic mass is 10.1. The summed E-state index contributed by atoms with van der Waals surface area (Å²) >= 11 is 11.9. The monoisotopic (exact) mass is 394 g/mol. The third-order valence-corrected chi connectivity index (χ3v) is 4.17. The Balaban J connectivity index is 1.99. The van der Waals surface area contributed by atoms with Gasteiger partial charge in [-0.3, -0.25) is 9.59 Å². The van der Waals surface area contributed by atoms with E-state index in [-0.39, 0.29) is 29.9 Å². The van der Waals surface area contributed by atoms with Crippen molar-refractivity contribution in [2.75, 3.05) is 11.9 Å². The molecule has 5 nitrogen and oxygen atoms in total. The van der Waals surface area contributed by atoms with Gasteiger partial charge in [-0.15, -0.1) is 0 Å². The summed E-state index contributed by atoms with van der Waals surface area (Å²) in [4.78, 5) is 24.3. The highest BCUT2D eigenvalue weighted by molar-refractivity contribution is 6.37. The van der Waals surface area contributed by atoms with Crippen molar-refractivity contribution in [1.29, 1.82) is 0 Å². The molecule has 26 heavy (non-hydrogen) atoms. The molecule has 0 unspecified atom stereocenters. The van der Waals surface area contributed by atoms with Crippen molar-refractivity contribution in [3.05, 3.63) is 63.6 Å². The first-order chi connectivity index (χ1) is 12.2. The van der Waals surface area contributed by atoms with Gasteiger partial charge in [-0.25, -0.2) is 0 Å². The van der Waals surface area contributed by atoms with E-state index in [2.05, 4.69) is 10.6 Å². The summed E-state index contributed by atoms with van der Waals surface area (Å²) in [7, 11) is 0. The lowest BCUT2D eigenvalue weighted by Gasteiger charge is -2.23. The van der Waals surface area contributed by atoms with Crippen LogP contribution >= 0.6 is 23.2 Å². The second kappa shape index (κ2) is 8.54. The van der Waals surface area contributed by atoms with E-state index in [9.17, 15) is 14.7 Å². The van der Waals surface area contributed by atoms with Gasteiger partial charge < -0.3 is 15.7 Å². The molecule has 0 spiro atoms. The van der Waals surface area contributed by atoms with Crippen LogP contribution in [0.15, 0.2) is 42.5 Å². The van der Waals surface area contributed by atoms with Crippen molar-refractivity contribution in [3.63, 3.8) is 0 Å². The third-order valence-electron chi connectivity index (χ3n) is 3.63. The van der Waals surface area contributed by atoms with Gasteiger partial charge in [0, 0.05) is 10.7 Å². The van der Waals surface area contributed by atoms with Gasteiger partial charge in [0.25, 0.3) is 5.91 Å². The van der Waals surface area contributed by atoms with E-state index in [0.29, 0.717) is 16.3 Å². The average molecular weight is 395 g/mol. The van der Waals surface area contributed by atoms with Gasteiger partial charge in [0.1, 0.15) is 0 Å². The number of anilines is 1. The summed E-state index contributed by atoms with van der Waals surface area (Å²) < 4.78 is 0. The first-order valence-electron chi connectivity index (χ1n) is 7.97. The van der Waals surface area contributed by atoms with E-state index in [4.69, 9.17) is 23.2 Å². The normalized spacial score (nSPS) is 11.1. The Morgan fingerprint density at radius 1 is 1.08 bits per heavy atom. The van der Waals surface area contributed by atoms with Crippen molar-refractivity contribution in [2.24, 2.45) is 0 Å². The van der Waals surface area contributed by atoms with Gasteiger partial charge in [0.15, 0.2) is 0 Å². The van der Waals surface area contributed by atoms with Crippen LogP contribution in [0.25, 0.3) is 0 Å². The predicted octanol–water partition coefficient (Wildman–Crippen LogP) is 3.68. The number of nitrogens with one attached hydrogen (secondary N) is 2. The maximum Gasteiger partial charge on any atom is 0.257 e. The molecule has 0 saturated heterocycles. The molecule has 0 saturated carbocycles. The van der Waals surface area contributed by atoms with Crippen LogP contribution in [0.3, 0.4) is 0 Å². The van der Waals surface area contributed by atoms with Crippen molar-refractivity contribution in [1.82, 2.24) is 5.32 Å². The van der Waals surface area contributed by atoms with Gasteiger partial charge in [-0.05, 0) is 49.7 Å². The topological polar surface area (TPSA) is 78.4 Å². The molecule has 0 aromatic heterocycles. The molecule has 0 aliphatic rings. The van der Waals surface area contributed by atoms with Crippen LogP contribution < -0.4 is 10.6 Å². The fraction of sp³-hybridized carbons (Fsp3) is 0.263. The standard InChI is InChI=1S/C19H20Cl2N2O3/c1-19(2,11-24)23-17(25)9-12-3-6-14(7-4-12)22-18(26)15-8-5-13(20)10-16(15)21/h3-8,10,24H,9,11H2,1-2H3,(H,22,26)(H,23,25). The number of aliphatic hydroxyl groups is 1. The largest absolute Gasteiger partial charge is 0.394 e. The number of aliphatic hydroxyl groups excluding tert-OH is 1. The molecule has 0 aliphatic heterocycles. The van der Waals surface area contributed by atoms with Crippen molar-refractivity contribution in [3.8, 4) is 0 Å². The Bertz CT molecular complexity index is 805. The average Bonchev–Trinajstić information content (AvgIpc) is 2.56. The van der Waals surface area contributed by atoms with E-state index in [0.717, 1.165) is 5.56 Å². The molecule has 2 aromatic rings. The molecule has 2 amide bonds. The number of halogens is 2. The molecule has 3 N–H and O–H groups in total. The molecule has 138 valence electrons. The molecule has 0 atom stereocenters.